The molecule has 0 spiro atoms. The lowest BCUT2D eigenvalue weighted by Crippen LogP contribution is -1.91. The zero-order valence-electron chi connectivity index (χ0n) is 9.38. The van der Waals surface area contributed by atoms with E-state index in [2.05, 4.69) is 26.2 Å². The Hall–Kier alpha value is -1.62. The van der Waals surface area contributed by atoms with Crippen LogP contribution in [0.1, 0.15) is 11.3 Å². The molecule has 17 heavy (non-hydrogen) atoms. The number of nitrogens with zero attached hydrogens (tertiary/aromatic N) is 3. The Morgan fingerprint density at radius 3 is 2.82 bits per heavy atom. The summed E-state index contributed by atoms with van der Waals surface area (Å²) >= 11 is 3.38. The van der Waals surface area contributed by atoms with Crippen LogP contribution < -0.4 is 0 Å². The predicted octanol–water partition coefficient (Wildman–Crippen LogP) is 2.73. The van der Waals surface area contributed by atoms with Gasteiger partial charge >= 0.3 is 0 Å². The second-order valence-corrected chi connectivity index (χ2v) is 4.38. The number of benzene rings is 1. The van der Waals surface area contributed by atoms with Crippen molar-refractivity contribution in [2.24, 2.45) is 12.2 Å². The number of oxime groups is 1. The average molecular weight is 294 g/mol. The molecular formula is C12H12BrN3O. The highest BCUT2D eigenvalue weighted by atomic mass is 79.9. The molecule has 1 aromatic carbocycles. The van der Waals surface area contributed by atoms with E-state index in [0.717, 1.165) is 15.7 Å². The van der Waals surface area contributed by atoms with E-state index in [9.17, 15) is 0 Å². The molecule has 2 rings (SSSR count). The number of aryl methyl sites for hydroxylation is 1. The molecule has 0 bridgehead atoms. The van der Waals surface area contributed by atoms with Crippen LogP contribution >= 0.6 is 15.9 Å². The van der Waals surface area contributed by atoms with Crippen molar-refractivity contribution < 1.29 is 4.84 Å². The van der Waals surface area contributed by atoms with Gasteiger partial charge in [-0.25, -0.2) is 0 Å². The first-order valence-corrected chi connectivity index (χ1v) is 5.93. The summed E-state index contributed by atoms with van der Waals surface area (Å²) in [6, 6.07) is 9.89. The van der Waals surface area contributed by atoms with Gasteiger partial charge in [-0.15, -0.1) is 0 Å². The van der Waals surface area contributed by atoms with Crippen LogP contribution in [0, 0.1) is 0 Å². The second kappa shape index (κ2) is 5.63. The Kier molecular flexibility index (Phi) is 3.93. The maximum absolute atomic E-state index is 5.19. The number of hydrogen-bond acceptors (Lipinski definition) is 3. The fraction of sp³-hybridized carbons (Fsp3) is 0.167. The fourth-order valence-electron chi connectivity index (χ4n) is 1.34. The summed E-state index contributed by atoms with van der Waals surface area (Å²) in [5, 5.41) is 8.08. The van der Waals surface area contributed by atoms with Gasteiger partial charge in [0.1, 0.15) is 12.3 Å². The van der Waals surface area contributed by atoms with Gasteiger partial charge in [0.05, 0.1) is 10.7 Å². The summed E-state index contributed by atoms with van der Waals surface area (Å²) in [7, 11) is 1.85. The van der Waals surface area contributed by atoms with Crippen molar-refractivity contribution in [3.63, 3.8) is 0 Å². The van der Waals surface area contributed by atoms with Gasteiger partial charge in [-0.3, -0.25) is 4.68 Å². The molecule has 0 radical (unpaired) electrons. The summed E-state index contributed by atoms with van der Waals surface area (Å²) in [4.78, 5) is 5.19. The summed E-state index contributed by atoms with van der Waals surface area (Å²) in [5.41, 5.74) is 1.84. The number of halogens is 1. The second-order valence-electron chi connectivity index (χ2n) is 3.53. The largest absolute Gasteiger partial charge is 0.391 e. The van der Waals surface area contributed by atoms with Crippen molar-refractivity contribution in [2.75, 3.05) is 0 Å². The van der Waals surface area contributed by atoms with E-state index in [0.29, 0.717) is 6.61 Å². The third-order valence-corrected chi connectivity index (χ3v) is 2.74. The van der Waals surface area contributed by atoms with Gasteiger partial charge in [0.25, 0.3) is 0 Å². The zero-order valence-corrected chi connectivity index (χ0v) is 11.0. The highest BCUT2D eigenvalue weighted by Gasteiger charge is 2.00. The molecule has 0 N–H and O–H groups in total. The molecule has 0 amide bonds. The van der Waals surface area contributed by atoms with E-state index in [-0.39, 0.29) is 0 Å². The molecule has 4 nitrogen and oxygen atoms in total. The fourth-order valence-corrected chi connectivity index (χ4v) is 1.82. The van der Waals surface area contributed by atoms with Gasteiger partial charge in [0.15, 0.2) is 0 Å². The Morgan fingerprint density at radius 2 is 2.18 bits per heavy atom. The third kappa shape index (κ3) is 3.42. The van der Waals surface area contributed by atoms with Crippen molar-refractivity contribution in [2.45, 2.75) is 6.61 Å². The van der Waals surface area contributed by atoms with Crippen LogP contribution in [0.2, 0.25) is 0 Å². The van der Waals surface area contributed by atoms with Crippen molar-refractivity contribution in [1.82, 2.24) is 9.78 Å². The van der Waals surface area contributed by atoms with E-state index in [1.165, 1.54) is 0 Å². The molecule has 0 aliphatic heterocycles. The first-order valence-electron chi connectivity index (χ1n) is 5.14. The van der Waals surface area contributed by atoms with E-state index in [4.69, 9.17) is 4.84 Å². The predicted molar refractivity (Wildman–Crippen MR) is 69.7 cm³/mol. The third-order valence-electron chi connectivity index (χ3n) is 2.13. The van der Waals surface area contributed by atoms with Crippen LogP contribution in [0.3, 0.4) is 0 Å². The van der Waals surface area contributed by atoms with E-state index >= 15 is 0 Å². The molecular weight excluding hydrogens is 282 g/mol. The summed E-state index contributed by atoms with van der Waals surface area (Å²) in [5.74, 6) is 0. The molecule has 1 aromatic heterocycles. The number of rotatable bonds is 4. The highest BCUT2D eigenvalue weighted by molar-refractivity contribution is 9.10. The molecule has 88 valence electrons. The van der Waals surface area contributed by atoms with Crippen molar-refractivity contribution in [1.29, 1.82) is 0 Å². The topological polar surface area (TPSA) is 39.4 Å². The Balaban J connectivity index is 1.88. The number of aromatic nitrogens is 2. The van der Waals surface area contributed by atoms with Gasteiger partial charge < -0.3 is 4.84 Å². The smallest absolute Gasteiger partial charge is 0.142 e. The lowest BCUT2D eigenvalue weighted by Gasteiger charge is -1.97. The molecule has 1 heterocycles. The lowest BCUT2D eigenvalue weighted by molar-refractivity contribution is 0.132. The first kappa shape index (κ1) is 11.9. The van der Waals surface area contributed by atoms with Crippen molar-refractivity contribution >= 4 is 22.1 Å². The van der Waals surface area contributed by atoms with E-state index < -0.39 is 0 Å². The molecule has 0 fully saturated rings. The molecule has 0 atom stereocenters. The minimum Gasteiger partial charge on any atom is -0.391 e. The maximum Gasteiger partial charge on any atom is 0.142 e. The normalized spacial score (nSPS) is 10.9. The quantitative estimate of drug-likeness (QED) is 0.642. The Morgan fingerprint density at radius 1 is 1.41 bits per heavy atom. The van der Waals surface area contributed by atoms with Crippen LogP contribution in [0.5, 0.6) is 0 Å². The van der Waals surface area contributed by atoms with Gasteiger partial charge in [-0.2, -0.15) is 5.10 Å². The zero-order chi connectivity index (χ0) is 12.1. The molecule has 0 aliphatic carbocycles. The Bertz CT molecular complexity index is 508. The Labute approximate surface area is 108 Å². The van der Waals surface area contributed by atoms with E-state index in [1.54, 1.807) is 10.9 Å². The number of hydrogen-bond donors (Lipinski definition) is 0. The van der Waals surface area contributed by atoms with Crippen LogP contribution in [0.15, 0.2) is 46.2 Å². The van der Waals surface area contributed by atoms with Crippen molar-refractivity contribution in [3.8, 4) is 0 Å². The van der Waals surface area contributed by atoms with Gasteiger partial charge in [-0.1, -0.05) is 35.5 Å². The standard InChI is InChI=1S/C12H12BrN3O/c1-16-8-11(13)12(15-16)7-14-17-9-10-5-3-2-4-6-10/h2-8H,9H2,1H3/b14-7-. The molecule has 2 aromatic rings. The maximum atomic E-state index is 5.19. The summed E-state index contributed by atoms with van der Waals surface area (Å²) in [6.07, 6.45) is 3.45. The minimum atomic E-state index is 0.460. The van der Waals surface area contributed by atoms with Crippen molar-refractivity contribution in [3.05, 3.63) is 52.3 Å². The van der Waals surface area contributed by atoms with Crippen LogP contribution in [-0.2, 0) is 18.5 Å². The van der Waals surface area contributed by atoms with Crippen LogP contribution in [-0.4, -0.2) is 16.0 Å². The molecule has 5 heteroatoms. The van der Waals surface area contributed by atoms with Gasteiger partial charge in [0, 0.05) is 13.2 Å². The first-order chi connectivity index (χ1) is 8.25. The van der Waals surface area contributed by atoms with Gasteiger partial charge in [0.2, 0.25) is 0 Å². The molecule has 0 saturated heterocycles. The SMILES string of the molecule is Cn1cc(Br)c(/C=N\OCc2ccccc2)n1. The highest BCUT2D eigenvalue weighted by Crippen LogP contribution is 2.11. The minimum absolute atomic E-state index is 0.460. The van der Waals surface area contributed by atoms with Crippen LogP contribution in [0.4, 0.5) is 0 Å². The lowest BCUT2D eigenvalue weighted by atomic mass is 10.2. The van der Waals surface area contributed by atoms with Gasteiger partial charge in [-0.05, 0) is 21.5 Å². The molecule has 0 aliphatic rings. The molecule has 0 unspecified atom stereocenters. The monoisotopic (exact) mass is 293 g/mol. The van der Waals surface area contributed by atoms with E-state index in [1.807, 2.05) is 43.6 Å². The average Bonchev–Trinajstić information content (AvgIpc) is 2.65. The van der Waals surface area contributed by atoms with Crippen LogP contribution in [0.25, 0.3) is 0 Å². The summed E-state index contributed by atoms with van der Waals surface area (Å²) in [6.45, 7) is 0.460. The molecule has 0 saturated carbocycles. The summed E-state index contributed by atoms with van der Waals surface area (Å²) < 4.78 is 2.61.